The molecule has 1 saturated carbocycles. The highest BCUT2D eigenvalue weighted by Crippen LogP contribution is 2.61. The first-order valence-electron chi connectivity index (χ1n) is 16.9. The van der Waals surface area contributed by atoms with Crippen LogP contribution in [-0.4, -0.2) is 83.2 Å². The zero-order chi connectivity index (χ0) is 35.9. The predicted molar refractivity (Wildman–Crippen MR) is 179 cm³/mol. The number of hydrogen-bond acceptors (Lipinski definition) is 10. The van der Waals surface area contributed by atoms with E-state index in [4.69, 9.17) is 35.3 Å². The molecule has 1 spiro atoms. The van der Waals surface area contributed by atoms with Crippen molar-refractivity contribution in [1.29, 1.82) is 0 Å². The predicted octanol–water partition coefficient (Wildman–Crippen LogP) is 3.92. The van der Waals surface area contributed by atoms with Gasteiger partial charge < -0.3 is 39.1 Å². The number of H-pyrrole nitrogens is 1. The minimum Gasteiger partial charge on any atom is -0.456 e. The molecule has 2 fully saturated rings. The van der Waals surface area contributed by atoms with Crippen molar-refractivity contribution in [2.45, 2.75) is 82.9 Å². The number of cyclic esters (lactones) is 1. The number of aromatic amines is 1. The van der Waals surface area contributed by atoms with Gasteiger partial charge in [-0.3, -0.25) is 4.79 Å². The molecule has 2 aliphatic carbocycles. The van der Waals surface area contributed by atoms with Gasteiger partial charge in [0, 0.05) is 54.5 Å². The molecule has 3 N–H and O–H groups in total. The van der Waals surface area contributed by atoms with Gasteiger partial charge in [-0.2, -0.15) is 0 Å². The molecule has 12 nitrogen and oxygen atoms in total. The third-order valence-electron chi connectivity index (χ3n) is 10.7. The largest absolute Gasteiger partial charge is 0.456 e. The molecule has 13 heteroatoms. The summed E-state index contributed by atoms with van der Waals surface area (Å²) in [5.74, 6) is -5.36. The molecule has 3 heterocycles. The van der Waals surface area contributed by atoms with Crippen molar-refractivity contribution < 1.29 is 48.0 Å². The van der Waals surface area contributed by atoms with E-state index in [0.717, 1.165) is 5.57 Å². The zero-order valence-electron chi connectivity index (χ0n) is 28.5. The molecule has 1 aromatic heterocycles. The molecule has 12 atom stereocenters. The van der Waals surface area contributed by atoms with Crippen LogP contribution in [-0.2, 0) is 44.6 Å². The van der Waals surface area contributed by atoms with Gasteiger partial charge in [0.25, 0.3) is 0 Å². The highest BCUT2D eigenvalue weighted by atomic mass is 35.5. The average Bonchev–Trinajstić information content (AvgIpc) is 3.69. The Morgan fingerprint density at radius 3 is 2.66 bits per heavy atom. The quantitative estimate of drug-likeness (QED) is 0.166. The number of carbonyl (C=O) groups is 4. The highest BCUT2D eigenvalue weighted by molar-refractivity contribution is 6.32. The lowest BCUT2D eigenvalue weighted by atomic mass is 9.57. The second-order valence-electron chi connectivity index (χ2n) is 13.8. The van der Waals surface area contributed by atoms with Gasteiger partial charge >= 0.3 is 23.8 Å². The fourth-order valence-electron chi connectivity index (χ4n) is 8.32. The number of methoxy groups -OCH3 is 1. The molecule has 6 rings (SSSR count). The number of aliphatic hydroxyl groups excluding tert-OH is 1. The topological polar surface area (TPSA) is 162 Å². The molecule has 50 heavy (non-hydrogen) atoms. The van der Waals surface area contributed by atoms with E-state index >= 15 is 0 Å². The standard InChI is InChI=1S/C37H43ClN2O10/c1-18-14-19(2)37-23(11-12-25-28(37)29(41)20(3)31(32(25)50-37)49-34(43)26-10-7-13-39-26)16-27(46-5)35(44)48-30(18)21(4)47-36(45)33(42)40-17-22-8-6-9-24(38)15-22/h6-15,18,20-21,23,25,27-32,39,41H,16-17H2,1-5H3,(H,40,42)/b19-14+/t18-,20-,21-,23-,25?,27+,28?,29-,30+,31-,32-,37+/m1/s1. The van der Waals surface area contributed by atoms with E-state index in [0.29, 0.717) is 16.3 Å². The maximum Gasteiger partial charge on any atom is 0.397 e. The maximum atomic E-state index is 13.6. The lowest BCUT2D eigenvalue weighted by molar-refractivity contribution is -0.180. The van der Waals surface area contributed by atoms with Crippen LogP contribution in [0.25, 0.3) is 0 Å². The summed E-state index contributed by atoms with van der Waals surface area (Å²) < 4.78 is 30.2. The molecule has 1 amide bonds. The fraction of sp³-hybridized carbons (Fsp3) is 0.514. The molecule has 4 bridgehead atoms. The normalized spacial score (nSPS) is 36.2. The van der Waals surface area contributed by atoms with Crippen LogP contribution in [0.15, 0.2) is 66.4 Å². The summed E-state index contributed by atoms with van der Waals surface area (Å²) in [5, 5.41) is 14.9. The number of rotatable bonds is 7. The van der Waals surface area contributed by atoms with E-state index in [1.807, 2.05) is 39.0 Å². The number of benzene rings is 1. The average molecular weight is 711 g/mol. The number of halogens is 1. The van der Waals surface area contributed by atoms with Crippen molar-refractivity contribution in [3.8, 4) is 0 Å². The van der Waals surface area contributed by atoms with Crippen LogP contribution in [0.5, 0.6) is 0 Å². The van der Waals surface area contributed by atoms with Crippen LogP contribution in [0.3, 0.4) is 0 Å². The molecule has 1 aromatic carbocycles. The summed E-state index contributed by atoms with van der Waals surface area (Å²) in [4.78, 5) is 55.1. The molecule has 0 radical (unpaired) electrons. The minimum atomic E-state index is -1.13. The van der Waals surface area contributed by atoms with Gasteiger partial charge in [-0.15, -0.1) is 0 Å². The molecule has 2 unspecified atom stereocenters. The van der Waals surface area contributed by atoms with Crippen molar-refractivity contribution in [2.75, 3.05) is 7.11 Å². The van der Waals surface area contributed by atoms with Crippen LogP contribution in [0.2, 0.25) is 5.02 Å². The SMILES string of the molecule is CO[C@H]1C[C@H]2C=CC3C4[C@H](O)[C@@H](C)[C@@H](OC(=O)c5ccc[nH]5)[C@@H]3O[C@]42/C(C)=C/[C@@H](C)[C@@H]([C@@H](C)OC(=O)C(=O)NCc2cccc(Cl)c2)OC1=O. The van der Waals surface area contributed by atoms with Gasteiger partial charge in [0.05, 0.1) is 6.10 Å². The summed E-state index contributed by atoms with van der Waals surface area (Å²) in [7, 11) is 1.41. The zero-order valence-corrected chi connectivity index (χ0v) is 29.3. The lowest BCUT2D eigenvalue weighted by Gasteiger charge is -2.48. The van der Waals surface area contributed by atoms with Crippen molar-refractivity contribution >= 4 is 35.4 Å². The Labute approximate surface area is 295 Å². The highest BCUT2D eigenvalue weighted by Gasteiger charge is 2.69. The summed E-state index contributed by atoms with van der Waals surface area (Å²) in [6.45, 7) is 7.20. The summed E-state index contributed by atoms with van der Waals surface area (Å²) >= 11 is 6.02. The van der Waals surface area contributed by atoms with E-state index in [1.54, 1.807) is 49.5 Å². The molecular weight excluding hydrogens is 668 g/mol. The monoisotopic (exact) mass is 710 g/mol. The van der Waals surface area contributed by atoms with Gasteiger partial charge in [-0.1, -0.05) is 55.8 Å². The lowest BCUT2D eigenvalue weighted by Crippen LogP contribution is -2.57. The van der Waals surface area contributed by atoms with Gasteiger partial charge in [-0.25, -0.2) is 14.4 Å². The summed E-state index contributed by atoms with van der Waals surface area (Å²) in [5.41, 5.74) is 0.716. The molecule has 268 valence electrons. The van der Waals surface area contributed by atoms with Gasteiger partial charge in [0.1, 0.15) is 35.7 Å². The molecule has 2 aliphatic heterocycles. The van der Waals surface area contributed by atoms with Crippen LogP contribution in [0, 0.1) is 29.6 Å². The van der Waals surface area contributed by atoms with Gasteiger partial charge in [0.2, 0.25) is 0 Å². The van der Waals surface area contributed by atoms with Crippen molar-refractivity contribution in [1.82, 2.24) is 10.3 Å². The minimum absolute atomic E-state index is 0.0620. The molecule has 4 aliphatic rings. The number of ether oxygens (including phenoxy) is 5. The van der Waals surface area contributed by atoms with Crippen LogP contribution in [0.1, 0.15) is 50.2 Å². The van der Waals surface area contributed by atoms with Crippen molar-refractivity contribution in [2.24, 2.45) is 29.6 Å². The first-order valence-corrected chi connectivity index (χ1v) is 17.3. The third kappa shape index (κ3) is 6.50. The van der Waals surface area contributed by atoms with E-state index in [9.17, 15) is 24.3 Å². The Morgan fingerprint density at radius 1 is 1.18 bits per heavy atom. The van der Waals surface area contributed by atoms with Crippen molar-refractivity contribution in [3.05, 3.63) is 82.7 Å². The number of carbonyl (C=O) groups excluding carboxylic acids is 4. The Morgan fingerprint density at radius 2 is 1.96 bits per heavy atom. The Kier molecular flexibility index (Phi) is 10.3. The molecular formula is C37H43ClN2O10. The van der Waals surface area contributed by atoms with E-state index < -0.39 is 89.7 Å². The van der Waals surface area contributed by atoms with Gasteiger partial charge in [-0.05, 0) is 55.7 Å². The van der Waals surface area contributed by atoms with E-state index in [2.05, 4.69) is 10.3 Å². The van der Waals surface area contributed by atoms with Crippen LogP contribution in [0.4, 0.5) is 0 Å². The number of nitrogens with one attached hydrogen (secondary N) is 2. The smallest absolute Gasteiger partial charge is 0.397 e. The summed E-state index contributed by atoms with van der Waals surface area (Å²) in [6, 6.07) is 10.2. The number of esters is 3. The Balaban J connectivity index is 1.26. The molecule has 1 saturated heterocycles. The summed E-state index contributed by atoms with van der Waals surface area (Å²) in [6.07, 6.45) is 2.44. The first kappa shape index (κ1) is 35.8. The number of aromatic nitrogens is 1. The van der Waals surface area contributed by atoms with Crippen LogP contribution >= 0.6 is 11.6 Å². The Bertz CT molecular complexity index is 1680. The molecule has 2 aromatic rings. The first-order chi connectivity index (χ1) is 23.8. The van der Waals surface area contributed by atoms with E-state index in [1.165, 1.54) is 7.11 Å². The number of aliphatic hydroxyl groups is 1. The maximum absolute atomic E-state index is 13.6. The Hall–Kier alpha value is -3.97. The number of amides is 1. The second kappa shape index (κ2) is 14.3. The van der Waals surface area contributed by atoms with Gasteiger partial charge in [0.15, 0.2) is 6.10 Å². The number of hydrogen-bond donors (Lipinski definition) is 3. The van der Waals surface area contributed by atoms with Crippen molar-refractivity contribution in [3.63, 3.8) is 0 Å². The second-order valence-corrected chi connectivity index (χ2v) is 14.2. The third-order valence-corrected chi connectivity index (χ3v) is 11.0. The van der Waals surface area contributed by atoms with E-state index in [-0.39, 0.29) is 18.9 Å². The van der Waals surface area contributed by atoms with Crippen LogP contribution < -0.4 is 5.32 Å². The fourth-order valence-corrected chi connectivity index (χ4v) is 8.53.